The van der Waals surface area contributed by atoms with Gasteiger partial charge in [0.25, 0.3) is 5.91 Å². The van der Waals surface area contributed by atoms with Gasteiger partial charge in [0.1, 0.15) is 0 Å². The number of nitrogens with two attached hydrogens (primary N) is 1. The average molecular weight is 208 g/mol. The molecule has 1 aromatic carbocycles. The second-order valence-electron chi connectivity index (χ2n) is 3.23. The first-order chi connectivity index (χ1) is 7.27. The number of nitrogens with one attached hydrogen (secondary N) is 1. The van der Waals surface area contributed by atoms with E-state index in [-0.39, 0.29) is 12.5 Å². The minimum absolute atomic E-state index is 0.0897. The van der Waals surface area contributed by atoms with Crippen molar-refractivity contribution >= 4 is 5.91 Å². The van der Waals surface area contributed by atoms with E-state index in [1.54, 1.807) is 12.1 Å². The lowest BCUT2D eigenvalue weighted by Gasteiger charge is -2.04. The highest BCUT2D eigenvalue weighted by Crippen LogP contribution is 2.03. The van der Waals surface area contributed by atoms with Crippen LogP contribution in [-0.2, 0) is 6.54 Å². The molecule has 0 heterocycles. The number of benzene rings is 1. The number of aliphatic hydroxyl groups is 1. The minimum atomic E-state index is -0.118. The first-order valence-corrected chi connectivity index (χ1v) is 4.96. The van der Waals surface area contributed by atoms with Crippen LogP contribution in [0.1, 0.15) is 22.3 Å². The minimum Gasteiger partial charge on any atom is -0.396 e. The van der Waals surface area contributed by atoms with Gasteiger partial charge in [-0.25, -0.2) is 0 Å². The summed E-state index contributed by atoms with van der Waals surface area (Å²) >= 11 is 0. The Labute approximate surface area is 89.1 Å². The van der Waals surface area contributed by atoms with Crippen LogP contribution in [0.3, 0.4) is 0 Å². The molecule has 0 aromatic heterocycles. The first-order valence-electron chi connectivity index (χ1n) is 4.96. The van der Waals surface area contributed by atoms with Crippen molar-refractivity contribution in [1.82, 2.24) is 5.32 Å². The highest BCUT2D eigenvalue weighted by molar-refractivity contribution is 5.94. The highest BCUT2D eigenvalue weighted by Gasteiger charge is 2.03. The summed E-state index contributed by atoms with van der Waals surface area (Å²) < 4.78 is 0. The van der Waals surface area contributed by atoms with Gasteiger partial charge in [-0.1, -0.05) is 12.1 Å². The molecular formula is C11H16N2O2. The summed E-state index contributed by atoms with van der Waals surface area (Å²) in [5.74, 6) is -0.118. The van der Waals surface area contributed by atoms with Crippen molar-refractivity contribution in [3.8, 4) is 0 Å². The Balaban J connectivity index is 2.50. The van der Waals surface area contributed by atoms with Gasteiger partial charge in [0.05, 0.1) is 0 Å². The summed E-state index contributed by atoms with van der Waals surface area (Å²) in [6.07, 6.45) is 0.576. The first kappa shape index (κ1) is 11.7. The van der Waals surface area contributed by atoms with Crippen molar-refractivity contribution < 1.29 is 9.90 Å². The zero-order chi connectivity index (χ0) is 11.1. The fourth-order valence-electron chi connectivity index (χ4n) is 1.18. The van der Waals surface area contributed by atoms with Gasteiger partial charge in [0.2, 0.25) is 0 Å². The van der Waals surface area contributed by atoms with E-state index in [1.807, 2.05) is 12.1 Å². The number of hydrogen-bond acceptors (Lipinski definition) is 3. The molecule has 0 atom stereocenters. The Bertz CT molecular complexity index is 309. The second-order valence-corrected chi connectivity index (χ2v) is 3.23. The van der Waals surface area contributed by atoms with Crippen molar-refractivity contribution in [2.24, 2.45) is 5.73 Å². The predicted octanol–water partition coefficient (Wildman–Crippen LogP) is 0.257. The smallest absolute Gasteiger partial charge is 0.251 e. The number of carbonyl (C=O) groups excluding carboxylic acids is 1. The fourth-order valence-corrected chi connectivity index (χ4v) is 1.18. The quantitative estimate of drug-likeness (QED) is 0.607. The third kappa shape index (κ3) is 3.69. The van der Waals surface area contributed by atoms with Gasteiger partial charge < -0.3 is 16.2 Å². The normalized spacial score (nSPS) is 10.0. The van der Waals surface area contributed by atoms with Gasteiger partial charge in [0.15, 0.2) is 0 Å². The van der Waals surface area contributed by atoms with Crippen LogP contribution in [0.2, 0.25) is 0 Å². The van der Waals surface area contributed by atoms with Gasteiger partial charge >= 0.3 is 0 Å². The van der Waals surface area contributed by atoms with Crippen molar-refractivity contribution in [2.75, 3.05) is 13.2 Å². The van der Waals surface area contributed by atoms with E-state index in [4.69, 9.17) is 10.8 Å². The maximum absolute atomic E-state index is 11.5. The lowest BCUT2D eigenvalue weighted by atomic mass is 10.1. The maximum atomic E-state index is 11.5. The Morgan fingerprint density at radius 3 is 2.53 bits per heavy atom. The summed E-state index contributed by atoms with van der Waals surface area (Å²) in [7, 11) is 0. The van der Waals surface area contributed by atoms with Crippen LogP contribution in [0.5, 0.6) is 0 Å². The number of rotatable bonds is 5. The molecule has 0 unspecified atom stereocenters. The zero-order valence-electron chi connectivity index (χ0n) is 8.57. The molecule has 82 valence electrons. The van der Waals surface area contributed by atoms with E-state index in [2.05, 4.69) is 5.32 Å². The predicted molar refractivity (Wildman–Crippen MR) is 58.4 cm³/mol. The van der Waals surface area contributed by atoms with Crippen LogP contribution in [0, 0.1) is 0 Å². The molecule has 0 aliphatic rings. The summed E-state index contributed by atoms with van der Waals surface area (Å²) in [4.78, 5) is 11.5. The molecule has 0 radical (unpaired) electrons. The molecule has 1 rings (SSSR count). The molecule has 0 saturated carbocycles. The molecule has 1 amide bonds. The Kier molecular flexibility index (Phi) is 4.80. The zero-order valence-corrected chi connectivity index (χ0v) is 8.57. The molecular weight excluding hydrogens is 192 g/mol. The van der Waals surface area contributed by atoms with E-state index in [1.165, 1.54) is 0 Å². The highest BCUT2D eigenvalue weighted by atomic mass is 16.3. The van der Waals surface area contributed by atoms with Crippen LogP contribution in [0.4, 0.5) is 0 Å². The summed E-state index contributed by atoms with van der Waals surface area (Å²) in [6, 6.07) is 7.16. The number of aliphatic hydroxyl groups excluding tert-OH is 1. The van der Waals surface area contributed by atoms with Crippen molar-refractivity contribution in [3.63, 3.8) is 0 Å². The van der Waals surface area contributed by atoms with Gasteiger partial charge in [-0.05, 0) is 24.1 Å². The molecule has 4 heteroatoms. The van der Waals surface area contributed by atoms with Crippen LogP contribution >= 0.6 is 0 Å². The molecule has 4 N–H and O–H groups in total. The van der Waals surface area contributed by atoms with Crippen LogP contribution in [0.25, 0.3) is 0 Å². The van der Waals surface area contributed by atoms with Gasteiger partial charge in [-0.2, -0.15) is 0 Å². The Morgan fingerprint density at radius 2 is 2.00 bits per heavy atom. The molecule has 15 heavy (non-hydrogen) atoms. The third-order valence-corrected chi connectivity index (χ3v) is 2.07. The maximum Gasteiger partial charge on any atom is 0.251 e. The SMILES string of the molecule is NCc1ccc(C(=O)NCCCO)cc1. The van der Waals surface area contributed by atoms with Crippen LogP contribution in [0.15, 0.2) is 24.3 Å². The molecule has 0 aliphatic carbocycles. The van der Waals surface area contributed by atoms with Gasteiger partial charge in [-0.15, -0.1) is 0 Å². The Morgan fingerprint density at radius 1 is 1.33 bits per heavy atom. The molecule has 0 bridgehead atoms. The van der Waals surface area contributed by atoms with E-state index in [0.717, 1.165) is 5.56 Å². The summed E-state index contributed by atoms with van der Waals surface area (Å²) in [5.41, 5.74) is 7.06. The Hall–Kier alpha value is -1.39. The van der Waals surface area contributed by atoms with E-state index in [9.17, 15) is 4.79 Å². The lowest BCUT2D eigenvalue weighted by Crippen LogP contribution is -2.24. The summed E-state index contributed by atoms with van der Waals surface area (Å²) in [5, 5.41) is 11.3. The van der Waals surface area contributed by atoms with E-state index in [0.29, 0.717) is 25.1 Å². The molecule has 0 saturated heterocycles. The lowest BCUT2D eigenvalue weighted by molar-refractivity contribution is 0.0951. The van der Waals surface area contributed by atoms with Crippen molar-refractivity contribution in [3.05, 3.63) is 35.4 Å². The topological polar surface area (TPSA) is 75.4 Å². The third-order valence-electron chi connectivity index (χ3n) is 2.07. The van der Waals surface area contributed by atoms with E-state index < -0.39 is 0 Å². The number of hydrogen-bond donors (Lipinski definition) is 3. The largest absolute Gasteiger partial charge is 0.396 e. The fraction of sp³-hybridized carbons (Fsp3) is 0.364. The number of amides is 1. The van der Waals surface area contributed by atoms with Crippen LogP contribution < -0.4 is 11.1 Å². The average Bonchev–Trinajstić information content (AvgIpc) is 2.29. The van der Waals surface area contributed by atoms with Crippen LogP contribution in [-0.4, -0.2) is 24.2 Å². The molecule has 4 nitrogen and oxygen atoms in total. The molecule has 0 aliphatic heterocycles. The van der Waals surface area contributed by atoms with E-state index >= 15 is 0 Å². The summed E-state index contributed by atoms with van der Waals surface area (Å²) in [6.45, 7) is 1.06. The molecule has 1 aromatic rings. The van der Waals surface area contributed by atoms with Gasteiger partial charge in [-0.3, -0.25) is 4.79 Å². The number of carbonyl (C=O) groups is 1. The monoisotopic (exact) mass is 208 g/mol. The van der Waals surface area contributed by atoms with Gasteiger partial charge in [0, 0.05) is 25.3 Å². The standard InChI is InChI=1S/C11H16N2O2/c12-8-9-2-4-10(5-3-9)11(15)13-6-1-7-14/h2-5,14H,1,6-8,12H2,(H,13,15). The second kappa shape index (κ2) is 6.16. The van der Waals surface area contributed by atoms with Crippen molar-refractivity contribution in [1.29, 1.82) is 0 Å². The van der Waals surface area contributed by atoms with Crippen molar-refractivity contribution in [2.45, 2.75) is 13.0 Å². The molecule has 0 spiro atoms. The molecule has 0 fully saturated rings.